The van der Waals surface area contributed by atoms with Crippen molar-refractivity contribution in [2.24, 2.45) is 5.41 Å². The second-order valence-corrected chi connectivity index (χ2v) is 9.21. The van der Waals surface area contributed by atoms with Gasteiger partial charge in [-0.25, -0.2) is 0 Å². The second-order valence-electron chi connectivity index (χ2n) is 8.50. The van der Waals surface area contributed by atoms with E-state index >= 15 is 0 Å². The van der Waals surface area contributed by atoms with Crippen LogP contribution in [0.25, 0.3) is 0 Å². The average molecular weight is 440 g/mol. The molecule has 0 saturated carbocycles. The second kappa shape index (κ2) is 8.32. The molecule has 29 heavy (non-hydrogen) atoms. The molecule has 1 spiro atoms. The summed E-state index contributed by atoms with van der Waals surface area (Å²) in [6, 6.07) is 7.48. The number of nitrogens with one attached hydrogen (secondary N) is 1. The van der Waals surface area contributed by atoms with Gasteiger partial charge in [0.05, 0.1) is 0 Å². The maximum absolute atomic E-state index is 13.5. The summed E-state index contributed by atoms with van der Waals surface area (Å²) in [7, 11) is 0. The molecule has 1 aromatic carbocycles. The molecule has 1 N–H and O–H groups in total. The van der Waals surface area contributed by atoms with Gasteiger partial charge in [0.2, 0.25) is 11.8 Å². The summed E-state index contributed by atoms with van der Waals surface area (Å²) in [6.45, 7) is 4.13. The fourth-order valence-corrected chi connectivity index (χ4v) is 5.06. The number of ether oxygens (including phenoxy) is 1. The first-order valence-corrected chi connectivity index (χ1v) is 11.1. The lowest BCUT2D eigenvalue weighted by atomic mass is 9.71. The molecule has 0 atom stereocenters. The van der Waals surface area contributed by atoms with E-state index in [0.717, 1.165) is 44.7 Å². The van der Waals surface area contributed by atoms with Crippen molar-refractivity contribution in [2.75, 3.05) is 50.6 Å². The quantitative estimate of drug-likeness (QED) is 0.732. The van der Waals surface area contributed by atoms with Gasteiger partial charge in [0, 0.05) is 68.4 Å². The highest BCUT2D eigenvalue weighted by Gasteiger charge is 2.52. The van der Waals surface area contributed by atoms with E-state index in [1.54, 1.807) is 0 Å². The molecule has 1 aromatic rings. The predicted octanol–water partition coefficient (Wildman–Crippen LogP) is 2.99. The molecule has 0 unspecified atom stereocenters. The lowest BCUT2D eigenvalue weighted by Gasteiger charge is -2.56. The molecular weight excluding hydrogens is 413 g/mol. The predicted molar refractivity (Wildman–Crippen MR) is 113 cm³/mol. The topological polar surface area (TPSA) is 61.9 Å². The molecule has 3 aliphatic heterocycles. The number of benzene rings is 1. The highest BCUT2D eigenvalue weighted by molar-refractivity contribution is 6.30. The third-order valence-electron chi connectivity index (χ3n) is 6.61. The number of halogens is 2. The van der Waals surface area contributed by atoms with Crippen molar-refractivity contribution in [1.82, 2.24) is 9.80 Å². The van der Waals surface area contributed by atoms with Gasteiger partial charge in [-0.15, -0.1) is 11.6 Å². The number of carbonyl (C=O) groups excluding carboxylic acids is 2. The molecule has 3 fully saturated rings. The van der Waals surface area contributed by atoms with Crippen LogP contribution in [0.4, 0.5) is 5.69 Å². The van der Waals surface area contributed by atoms with E-state index in [-0.39, 0.29) is 23.1 Å². The minimum atomic E-state index is -0.636. The van der Waals surface area contributed by atoms with Crippen LogP contribution in [0.2, 0.25) is 5.02 Å². The zero-order valence-electron chi connectivity index (χ0n) is 16.5. The summed E-state index contributed by atoms with van der Waals surface area (Å²) in [5.74, 6) is 0.196. The molecule has 2 amide bonds. The molecule has 158 valence electrons. The summed E-state index contributed by atoms with van der Waals surface area (Å²) >= 11 is 11.7. The van der Waals surface area contributed by atoms with Crippen LogP contribution in [0.3, 0.4) is 0 Å². The summed E-state index contributed by atoms with van der Waals surface area (Å²) in [4.78, 5) is 29.1. The number of amides is 2. The Balaban J connectivity index is 1.41. The maximum Gasteiger partial charge on any atom is 0.248 e. The van der Waals surface area contributed by atoms with Crippen molar-refractivity contribution < 1.29 is 14.3 Å². The summed E-state index contributed by atoms with van der Waals surface area (Å²) < 4.78 is 5.54. The van der Waals surface area contributed by atoms with Crippen LogP contribution < -0.4 is 5.32 Å². The Labute approximate surface area is 181 Å². The molecule has 0 bridgehead atoms. The Hall–Kier alpha value is -1.50. The van der Waals surface area contributed by atoms with Gasteiger partial charge < -0.3 is 19.9 Å². The van der Waals surface area contributed by atoms with Gasteiger partial charge in [-0.3, -0.25) is 9.59 Å². The molecule has 0 aliphatic carbocycles. The first kappa shape index (κ1) is 20.8. The van der Waals surface area contributed by atoms with Crippen LogP contribution in [0.1, 0.15) is 25.7 Å². The van der Waals surface area contributed by atoms with Gasteiger partial charge in [0.15, 0.2) is 0 Å². The van der Waals surface area contributed by atoms with E-state index in [9.17, 15) is 9.59 Å². The van der Waals surface area contributed by atoms with Crippen molar-refractivity contribution in [3.63, 3.8) is 0 Å². The molecule has 4 rings (SSSR count). The van der Waals surface area contributed by atoms with Gasteiger partial charge in [-0.1, -0.05) is 11.6 Å². The number of rotatable bonds is 4. The summed E-state index contributed by atoms with van der Waals surface area (Å²) in [5, 5.41) is 4.17. The molecule has 6 nitrogen and oxygen atoms in total. The van der Waals surface area contributed by atoms with Crippen molar-refractivity contribution in [1.29, 1.82) is 0 Å². The Morgan fingerprint density at radius 3 is 2.21 bits per heavy atom. The van der Waals surface area contributed by atoms with E-state index in [4.69, 9.17) is 27.9 Å². The molecule has 3 saturated heterocycles. The number of alkyl halides is 1. The molecular formula is C21H27Cl2N3O3. The van der Waals surface area contributed by atoms with Gasteiger partial charge in [-0.05, 0) is 37.1 Å². The van der Waals surface area contributed by atoms with Gasteiger partial charge >= 0.3 is 0 Å². The standard InChI is InChI=1S/C21H27Cl2N3O3/c22-13-18(27)25-9-5-20(6-10-25)14-26(15-20)19(28)21(7-11-29-12-8-21)24-17-3-1-16(23)2-4-17/h1-4,24H,5-15H2. The first-order chi connectivity index (χ1) is 14.0. The minimum Gasteiger partial charge on any atom is -0.381 e. The Kier molecular flexibility index (Phi) is 5.96. The Morgan fingerprint density at radius 1 is 1.00 bits per heavy atom. The van der Waals surface area contributed by atoms with Crippen molar-refractivity contribution in [3.8, 4) is 0 Å². The molecule has 3 heterocycles. The smallest absolute Gasteiger partial charge is 0.248 e. The highest BCUT2D eigenvalue weighted by Crippen LogP contribution is 2.42. The zero-order valence-corrected chi connectivity index (χ0v) is 18.0. The Morgan fingerprint density at radius 2 is 1.62 bits per heavy atom. The SMILES string of the molecule is O=C(CCl)N1CCC2(CC1)CN(C(=O)C1(Nc3ccc(Cl)cc3)CCOCC1)C2. The molecule has 3 aliphatic rings. The highest BCUT2D eigenvalue weighted by atomic mass is 35.5. The Bertz CT molecular complexity index is 749. The van der Waals surface area contributed by atoms with Crippen LogP contribution in [0.5, 0.6) is 0 Å². The molecule has 0 radical (unpaired) electrons. The van der Waals surface area contributed by atoms with E-state index in [1.807, 2.05) is 34.1 Å². The minimum absolute atomic E-state index is 0.00194. The van der Waals surface area contributed by atoms with Crippen LogP contribution >= 0.6 is 23.2 Å². The van der Waals surface area contributed by atoms with E-state index in [1.165, 1.54) is 0 Å². The van der Waals surface area contributed by atoms with E-state index in [0.29, 0.717) is 31.1 Å². The van der Waals surface area contributed by atoms with E-state index < -0.39 is 5.54 Å². The fourth-order valence-electron chi connectivity index (χ4n) is 4.76. The number of anilines is 1. The number of hydrogen-bond acceptors (Lipinski definition) is 4. The number of hydrogen-bond donors (Lipinski definition) is 1. The van der Waals surface area contributed by atoms with Crippen LogP contribution in [-0.4, -0.2) is 72.4 Å². The number of nitrogens with zero attached hydrogens (tertiary/aromatic N) is 2. The molecule has 0 aromatic heterocycles. The number of likely N-dealkylation sites (tertiary alicyclic amines) is 2. The van der Waals surface area contributed by atoms with Gasteiger partial charge in [-0.2, -0.15) is 0 Å². The molecule has 8 heteroatoms. The summed E-state index contributed by atoms with van der Waals surface area (Å²) in [5.41, 5.74) is 0.404. The third-order valence-corrected chi connectivity index (χ3v) is 7.10. The zero-order chi connectivity index (χ0) is 20.5. The van der Waals surface area contributed by atoms with Gasteiger partial charge in [0.1, 0.15) is 11.4 Å². The lowest BCUT2D eigenvalue weighted by molar-refractivity contribution is -0.156. The lowest BCUT2D eigenvalue weighted by Crippen LogP contribution is -2.67. The van der Waals surface area contributed by atoms with Crippen molar-refractivity contribution in [2.45, 2.75) is 31.2 Å². The fraction of sp³-hybridized carbons (Fsp3) is 0.619. The first-order valence-electron chi connectivity index (χ1n) is 10.2. The normalized spacial score (nSPS) is 22.8. The largest absolute Gasteiger partial charge is 0.381 e. The number of piperidine rings is 1. The third kappa shape index (κ3) is 4.21. The van der Waals surface area contributed by atoms with Crippen molar-refractivity contribution in [3.05, 3.63) is 29.3 Å². The summed E-state index contributed by atoms with van der Waals surface area (Å²) in [6.07, 6.45) is 3.16. The monoisotopic (exact) mass is 439 g/mol. The average Bonchev–Trinajstić information content (AvgIpc) is 2.73. The van der Waals surface area contributed by atoms with E-state index in [2.05, 4.69) is 5.32 Å². The van der Waals surface area contributed by atoms with Crippen LogP contribution in [-0.2, 0) is 14.3 Å². The maximum atomic E-state index is 13.5. The van der Waals surface area contributed by atoms with Crippen LogP contribution in [0.15, 0.2) is 24.3 Å². The van der Waals surface area contributed by atoms with Crippen molar-refractivity contribution >= 4 is 40.7 Å². The van der Waals surface area contributed by atoms with Crippen LogP contribution in [0, 0.1) is 5.41 Å². The number of carbonyl (C=O) groups is 2. The van der Waals surface area contributed by atoms with Gasteiger partial charge in [0.25, 0.3) is 0 Å².